The van der Waals surface area contributed by atoms with Crippen LogP contribution in [-0.4, -0.2) is 28.1 Å². The van der Waals surface area contributed by atoms with E-state index in [0.717, 1.165) is 11.5 Å². The largest absolute Gasteiger partial charge is 0.444 e. The van der Waals surface area contributed by atoms with Crippen molar-refractivity contribution in [2.24, 2.45) is 4.99 Å². The highest BCUT2D eigenvalue weighted by Gasteiger charge is 2.21. The summed E-state index contributed by atoms with van der Waals surface area (Å²) in [6.07, 6.45) is 0. The maximum atomic E-state index is 5.52. The number of rotatable bonds is 4. The molecule has 0 unspecified atom stereocenters. The summed E-state index contributed by atoms with van der Waals surface area (Å²) in [6.45, 7) is 10.8. The van der Waals surface area contributed by atoms with E-state index in [4.69, 9.17) is 8.94 Å². The van der Waals surface area contributed by atoms with Gasteiger partial charge in [-0.2, -0.15) is 4.98 Å². The van der Waals surface area contributed by atoms with Crippen LogP contribution in [0.1, 0.15) is 49.8 Å². The minimum Gasteiger partial charge on any atom is -0.444 e. The van der Waals surface area contributed by atoms with Gasteiger partial charge in [0.2, 0.25) is 11.8 Å². The van der Waals surface area contributed by atoms with Gasteiger partial charge in [-0.1, -0.05) is 25.9 Å². The molecule has 0 radical (unpaired) electrons. The van der Waals surface area contributed by atoms with Crippen LogP contribution in [-0.2, 0) is 18.5 Å². The van der Waals surface area contributed by atoms with Crippen LogP contribution in [0.15, 0.2) is 13.9 Å². The second-order valence-electron chi connectivity index (χ2n) is 6.29. The molecule has 2 aromatic heterocycles. The molecule has 2 N–H and O–H groups in total. The highest BCUT2D eigenvalue weighted by Crippen LogP contribution is 2.19. The summed E-state index contributed by atoms with van der Waals surface area (Å²) in [6, 6.07) is 0. The Hall–Kier alpha value is -1.65. The Morgan fingerprint density at radius 3 is 2.29 bits per heavy atom. The number of nitrogens with one attached hydrogen (secondary N) is 2. The molecule has 0 fully saturated rings. The molecular weight excluding hydrogens is 423 g/mol. The normalized spacial score (nSPS) is 12.0. The minimum atomic E-state index is -0.161. The molecule has 0 saturated heterocycles. The molecule has 2 rings (SSSR count). The molecule has 2 aromatic rings. The van der Waals surface area contributed by atoms with E-state index >= 15 is 0 Å². The van der Waals surface area contributed by atoms with Crippen LogP contribution in [0.3, 0.4) is 0 Å². The Labute approximate surface area is 158 Å². The monoisotopic (exact) mass is 448 g/mol. The predicted molar refractivity (Wildman–Crippen MR) is 101 cm³/mol. The molecule has 0 spiro atoms. The van der Waals surface area contributed by atoms with Crippen molar-refractivity contribution in [1.29, 1.82) is 0 Å². The molecule has 9 heteroatoms. The summed E-state index contributed by atoms with van der Waals surface area (Å²) in [7, 11) is 1.69. The second kappa shape index (κ2) is 8.45. The third kappa shape index (κ3) is 5.46. The van der Waals surface area contributed by atoms with Crippen molar-refractivity contribution < 1.29 is 8.94 Å². The Kier molecular flexibility index (Phi) is 7.18. The standard InChI is InChI=1S/C15H24N6O2.HI/c1-9-10(2)22-12(19-9)8-18-14(16-6)17-7-11-20-13(23-21-11)15(3,4)5;/h7-8H2,1-6H3,(H2,16,17,18);1H. The van der Waals surface area contributed by atoms with Gasteiger partial charge >= 0.3 is 0 Å². The number of oxazole rings is 1. The van der Waals surface area contributed by atoms with E-state index in [-0.39, 0.29) is 29.4 Å². The van der Waals surface area contributed by atoms with Gasteiger partial charge in [-0.25, -0.2) is 4.98 Å². The number of aryl methyl sites for hydroxylation is 2. The zero-order valence-electron chi connectivity index (χ0n) is 14.9. The summed E-state index contributed by atoms with van der Waals surface area (Å²) >= 11 is 0. The van der Waals surface area contributed by atoms with Crippen molar-refractivity contribution in [3.05, 3.63) is 29.1 Å². The summed E-state index contributed by atoms with van der Waals surface area (Å²) in [5, 5.41) is 10.2. The van der Waals surface area contributed by atoms with Gasteiger partial charge in [-0.05, 0) is 13.8 Å². The van der Waals surface area contributed by atoms with Crippen molar-refractivity contribution in [1.82, 2.24) is 25.8 Å². The van der Waals surface area contributed by atoms with Crippen molar-refractivity contribution in [2.45, 2.75) is 53.1 Å². The molecule has 0 saturated carbocycles. The van der Waals surface area contributed by atoms with Crippen molar-refractivity contribution in [3.63, 3.8) is 0 Å². The Balaban J connectivity index is 0.00000288. The van der Waals surface area contributed by atoms with E-state index in [2.05, 4.69) is 30.8 Å². The maximum Gasteiger partial charge on any atom is 0.232 e. The number of aliphatic imine (C=N–C) groups is 1. The van der Waals surface area contributed by atoms with Gasteiger partial charge in [-0.15, -0.1) is 24.0 Å². The van der Waals surface area contributed by atoms with Crippen LogP contribution in [0.25, 0.3) is 0 Å². The minimum absolute atomic E-state index is 0. The Morgan fingerprint density at radius 1 is 1.12 bits per heavy atom. The van der Waals surface area contributed by atoms with E-state index < -0.39 is 0 Å². The fourth-order valence-electron chi connectivity index (χ4n) is 1.79. The van der Waals surface area contributed by atoms with Crippen LogP contribution >= 0.6 is 24.0 Å². The van der Waals surface area contributed by atoms with E-state index in [1.807, 2.05) is 34.6 Å². The molecule has 0 aliphatic rings. The smallest absolute Gasteiger partial charge is 0.232 e. The van der Waals surface area contributed by atoms with Gasteiger partial charge < -0.3 is 19.6 Å². The maximum absolute atomic E-state index is 5.52. The SMILES string of the molecule is CN=C(NCc1noc(C(C)(C)C)n1)NCc1nc(C)c(C)o1.I. The fraction of sp³-hybridized carbons (Fsp3) is 0.600. The lowest BCUT2D eigenvalue weighted by Gasteiger charge is -2.10. The van der Waals surface area contributed by atoms with Crippen LogP contribution in [0.5, 0.6) is 0 Å². The van der Waals surface area contributed by atoms with E-state index in [1.165, 1.54) is 0 Å². The number of guanidine groups is 1. The zero-order valence-corrected chi connectivity index (χ0v) is 17.3. The molecule has 0 aromatic carbocycles. The molecule has 0 bridgehead atoms. The molecule has 2 heterocycles. The third-order valence-corrected chi connectivity index (χ3v) is 3.23. The van der Waals surface area contributed by atoms with Crippen LogP contribution in [0, 0.1) is 13.8 Å². The van der Waals surface area contributed by atoms with Gasteiger partial charge in [0.05, 0.1) is 18.8 Å². The third-order valence-electron chi connectivity index (χ3n) is 3.23. The van der Waals surface area contributed by atoms with Crippen LogP contribution in [0.2, 0.25) is 0 Å². The lowest BCUT2D eigenvalue weighted by atomic mass is 9.97. The summed E-state index contributed by atoms with van der Waals surface area (Å²) in [5.41, 5.74) is 0.734. The molecule has 8 nitrogen and oxygen atoms in total. The van der Waals surface area contributed by atoms with Gasteiger partial charge in [0.1, 0.15) is 5.76 Å². The Morgan fingerprint density at radius 2 is 1.79 bits per heavy atom. The first-order chi connectivity index (χ1) is 10.8. The molecule has 0 aliphatic heterocycles. The first-order valence-corrected chi connectivity index (χ1v) is 7.50. The summed E-state index contributed by atoms with van der Waals surface area (Å²) in [5.74, 6) is 3.26. The molecule has 134 valence electrons. The average Bonchev–Trinajstić information content (AvgIpc) is 3.06. The lowest BCUT2D eigenvalue weighted by molar-refractivity contribution is 0.318. The number of hydrogen-bond acceptors (Lipinski definition) is 6. The summed E-state index contributed by atoms with van der Waals surface area (Å²) in [4.78, 5) is 12.8. The number of halogens is 1. The topological polar surface area (TPSA) is 101 Å². The highest BCUT2D eigenvalue weighted by atomic mass is 127. The quantitative estimate of drug-likeness (QED) is 0.421. The molecule has 0 aliphatic carbocycles. The predicted octanol–water partition coefficient (Wildman–Crippen LogP) is 2.46. The second-order valence-corrected chi connectivity index (χ2v) is 6.29. The fourth-order valence-corrected chi connectivity index (χ4v) is 1.79. The number of aromatic nitrogens is 3. The van der Waals surface area contributed by atoms with Crippen LogP contribution in [0.4, 0.5) is 0 Å². The van der Waals surface area contributed by atoms with E-state index in [9.17, 15) is 0 Å². The highest BCUT2D eigenvalue weighted by molar-refractivity contribution is 14.0. The zero-order chi connectivity index (χ0) is 17.0. The van der Waals surface area contributed by atoms with Crippen LogP contribution < -0.4 is 10.6 Å². The molecule has 24 heavy (non-hydrogen) atoms. The first-order valence-electron chi connectivity index (χ1n) is 7.50. The van der Waals surface area contributed by atoms with Gasteiger partial charge in [-0.3, -0.25) is 4.99 Å². The first kappa shape index (κ1) is 20.4. The Bertz CT molecular complexity index is 667. The van der Waals surface area contributed by atoms with Gasteiger partial charge in [0, 0.05) is 12.5 Å². The average molecular weight is 448 g/mol. The molecule has 0 amide bonds. The summed E-state index contributed by atoms with van der Waals surface area (Å²) < 4.78 is 10.8. The van der Waals surface area contributed by atoms with E-state index in [1.54, 1.807) is 7.05 Å². The van der Waals surface area contributed by atoms with Crippen molar-refractivity contribution >= 4 is 29.9 Å². The lowest BCUT2D eigenvalue weighted by Crippen LogP contribution is -2.36. The molecule has 0 atom stereocenters. The van der Waals surface area contributed by atoms with Gasteiger partial charge in [0.15, 0.2) is 11.8 Å². The van der Waals surface area contributed by atoms with E-state index in [0.29, 0.717) is 36.7 Å². The van der Waals surface area contributed by atoms with Crippen molar-refractivity contribution in [3.8, 4) is 0 Å². The number of hydrogen-bond donors (Lipinski definition) is 2. The molecular formula is C15H25IN6O2. The number of nitrogens with zero attached hydrogens (tertiary/aromatic N) is 4. The van der Waals surface area contributed by atoms with Crippen molar-refractivity contribution in [2.75, 3.05) is 7.05 Å². The van der Waals surface area contributed by atoms with Gasteiger partial charge in [0.25, 0.3) is 0 Å².